The molecule has 0 aliphatic carbocycles. The minimum absolute atomic E-state index is 0.0235. The van der Waals surface area contributed by atoms with Gasteiger partial charge in [-0.15, -0.1) is 16.9 Å². The summed E-state index contributed by atoms with van der Waals surface area (Å²) in [5.74, 6) is -0.209. The zero-order valence-electron chi connectivity index (χ0n) is 10.5. The van der Waals surface area contributed by atoms with Crippen molar-refractivity contribution in [3.8, 4) is 5.69 Å². The Hall–Kier alpha value is -1.86. The molecule has 0 radical (unpaired) electrons. The van der Waals surface area contributed by atoms with Crippen molar-refractivity contribution in [1.29, 1.82) is 0 Å². The van der Waals surface area contributed by atoms with Gasteiger partial charge in [-0.05, 0) is 30.5 Å². The molecule has 0 atom stereocenters. The zero-order chi connectivity index (χ0) is 13.7. The lowest BCUT2D eigenvalue weighted by atomic mass is 10.3. The van der Waals surface area contributed by atoms with Crippen molar-refractivity contribution in [2.75, 3.05) is 12.8 Å². The number of benzene rings is 1. The molecule has 2 aromatic rings. The van der Waals surface area contributed by atoms with Crippen LogP contribution in [0.25, 0.3) is 5.69 Å². The Bertz CT molecular complexity index is 552. The van der Waals surface area contributed by atoms with Gasteiger partial charge in [0.25, 0.3) is 0 Å². The average Bonchev–Trinajstić information content (AvgIpc) is 2.93. The van der Waals surface area contributed by atoms with Crippen LogP contribution < -0.4 is 11.1 Å². The van der Waals surface area contributed by atoms with E-state index in [0.29, 0.717) is 12.2 Å². The van der Waals surface area contributed by atoms with Crippen LogP contribution in [0.4, 0.5) is 0 Å². The first-order valence-electron chi connectivity index (χ1n) is 5.75. The first-order valence-corrected chi connectivity index (χ1v) is 6.98. The van der Waals surface area contributed by atoms with E-state index in [4.69, 9.17) is 5.73 Å². The molecule has 1 amide bonds. The minimum atomic E-state index is -0.209. The quantitative estimate of drug-likeness (QED) is 0.780. The molecule has 0 saturated carbocycles. The monoisotopic (exact) mass is 277 g/mol. The van der Waals surface area contributed by atoms with Crippen LogP contribution in [-0.4, -0.2) is 33.7 Å². The van der Waals surface area contributed by atoms with Crippen LogP contribution >= 0.6 is 11.8 Å². The molecule has 0 fully saturated rings. The zero-order valence-corrected chi connectivity index (χ0v) is 11.4. The van der Waals surface area contributed by atoms with E-state index < -0.39 is 0 Å². The molecule has 0 aliphatic rings. The molecule has 19 heavy (non-hydrogen) atoms. The number of nitrogens with two attached hydrogens (primary N) is 1. The number of nitrogens with zero attached hydrogens (tertiary/aromatic N) is 3. The molecule has 0 bridgehead atoms. The maximum Gasteiger partial charge on any atom is 0.234 e. The first-order chi connectivity index (χ1) is 9.22. The molecule has 1 heterocycles. The number of hydrogen-bond acceptors (Lipinski definition) is 5. The minimum Gasteiger partial charge on any atom is -0.349 e. The van der Waals surface area contributed by atoms with Gasteiger partial charge in [0.2, 0.25) is 5.91 Å². The summed E-state index contributed by atoms with van der Waals surface area (Å²) in [4.78, 5) is 12.2. The first kappa shape index (κ1) is 13.6. The smallest absolute Gasteiger partial charge is 0.234 e. The van der Waals surface area contributed by atoms with Gasteiger partial charge in [-0.3, -0.25) is 4.79 Å². The predicted octanol–water partition coefficient (Wildman–Crippen LogP) is 0.564. The molecule has 100 valence electrons. The highest BCUT2D eigenvalue weighted by atomic mass is 32.2. The Labute approximate surface area is 115 Å². The van der Waals surface area contributed by atoms with E-state index in [1.807, 2.05) is 30.5 Å². The van der Waals surface area contributed by atoms with Crippen molar-refractivity contribution in [2.24, 2.45) is 5.73 Å². The fourth-order valence-electron chi connectivity index (χ4n) is 1.50. The van der Waals surface area contributed by atoms with Crippen LogP contribution in [0.3, 0.4) is 0 Å². The lowest BCUT2D eigenvalue weighted by Gasteiger charge is -2.01. The molecule has 6 nitrogen and oxygen atoms in total. The fraction of sp³-hybridized carbons (Fsp3) is 0.250. The molecule has 3 N–H and O–H groups in total. The molecular weight excluding hydrogens is 262 g/mol. The topological polar surface area (TPSA) is 85.8 Å². The highest BCUT2D eigenvalue weighted by Gasteiger charge is 2.04. The maximum absolute atomic E-state index is 11.0. The SMILES string of the molecule is CSc1ccc(-n2cc(CNC(=O)CN)nn2)cc1. The number of rotatable bonds is 5. The van der Waals surface area contributed by atoms with E-state index in [-0.39, 0.29) is 12.5 Å². The Morgan fingerprint density at radius 2 is 2.16 bits per heavy atom. The molecule has 1 aromatic heterocycles. The standard InChI is InChI=1S/C12H15N5OS/c1-19-11-4-2-10(3-5-11)17-8-9(15-16-17)7-14-12(18)6-13/h2-5,8H,6-7,13H2,1H3,(H,14,18). The average molecular weight is 277 g/mol. The molecule has 0 aliphatic heterocycles. The van der Waals surface area contributed by atoms with Crippen LogP contribution in [0, 0.1) is 0 Å². The summed E-state index contributed by atoms with van der Waals surface area (Å²) in [5, 5.41) is 10.7. The van der Waals surface area contributed by atoms with Crippen molar-refractivity contribution in [3.05, 3.63) is 36.2 Å². The summed E-state index contributed by atoms with van der Waals surface area (Å²) in [6.45, 7) is 0.309. The molecule has 0 unspecified atom stereocenters. The van der Waals surface area contributed by atoms with Crippen LogP contribution in [0.15, 0.2) is 35.4 Å². The number of thioether (sulfide) groups is 1. The van der Waals surface area contributed by atoms with Gasteiger partial charge in [0, 0.05) is 4.90 Å². The summed E-state index contributed by atoms with van der Waals surface area (Å²) in [7, 11) is 0. The van der Waals surface area contributed by atoms with E-state index in [1.165, 1.54) is 4.90 Å². The van der Waals surface area contributed by atoms with Gasteiger partial charge in [-0.2, -0.15) is 0 Å². The third kappa shape index (κ3) is 3.55. The fourth-order valence-corrected chi connectivity index (χ4v) is 1.91. The second-order valence-corrected chi connectivity index (χ2v) is 4.71. The van der Waals surface area contributed by atoms with Gasteiger partial charge in [-0.25, -0.2) is 4.68 Å². The van der Waals surface area contributed by atoms with Gasteiger partial charge in [0.05, 0.1) is 25.0 Å². The summed E-state index contributed by atoms with van der Waals surface area (Å²) in [5.41, 5.74) is 6.83. The van der Waals surface area contributed by atoms with Crippen molar-refractivity contribution >= 4 is 17.7 Å². The number of amides is 1. The van der Waals surface area contributed by atoms with Gasteiger partial charge < -0.3 is 11.1 Å². The highest BCUT2D eigenvalue weighted by Crippen LogP contribution is 2.16. The lowest BCUT2D eigenvalue weighted by molar-refractivity contribution is -0.119. The summed E-state index contributed by atoms with van der Waals surface area (Å²) < 4.78 is 1.67. The van der Waals surface area contributed by atoms with Crippen LogP contribution in [-0.2, 0) is 11.3 Å². The second kappa shape index (κ2) is 6.35. The number of aromatic nitrogens is 3. The Balaban J connectivity index is 2.05. The Kier molecular flexibility index (Phi) is 4.53. The van der Waals surface area contributed by atoms with Crippen LogP contribution in [0.2, 0.25) is 0 Å². The van der Waals surface area contributed by atoms with Crippen molar-refractivity contribution in [1.82, 2.24) is 20.3 Å². The summed E-state index contributed by atoms with van der Waals surface area (Å²) in [6.07, 6.45) is 3.81. The third-order valence-corrected chi connectivity index (χ3v) is 3.27. The number of carbonyl (C=O) groups excluding carboxylic acids is 1. The van der Waals surface area contributed by atoms with Gasteiger partial charge in [0.15, 0.2) is 0 Å². The van der Waals surface area contributed by atoms with Crippen LogP contribution in [0.5, 0.6) is 0 Å². The van der Waals surface area contributed by atoms with Gasteiger partial charge in [-0.1, -0.05) is 5.21 Å². The summed E-state index contributed by atoms with van der Waals surface area (Å²) >= 11 is 1.69. The summed E-state index contributed by atoms with van der Waals surface area (Å²) in [6, 6.07) is 8.00. The van der Waals surface area contributed by atoms with E-state index >= 15 is 0 Å². The molecular formula is C12H15N5OS. The Morgan fingerprint density at radius 1 is 1.42 bits per heavy atom. The van der Waals surface area contributed by atoms with E-state index in [0.717, 1.165) is 5.69 Å². The third-order valence-electron chi connectivity index (χ3n) is 2.53. The normalized spacial score (nSPS) is 10.4. The van der Waals surface area contributed by atoms with Crippen molar-refractivity contribution in [3.63, 3.8) is 0 Å². The second-order valence-electron chi connectivity index (χ2n) is 3.83. The lowest BCUT2D eigenvalue weighted by Crippen LogP contribution is -2.29. The molecule has 0 saturated heterocycles. The number of nitrogens with one attached hydrogen (secondary N) is 1. The maximum atomic E-state index is 11.0. The predicted molar refractivity (Wildman–Crippen MR) is 74.0 cm³/mol. The van der Waals surface area contributed by atoms with Gasteiger partial charge in [0.1, 0.15) is 5.69 Å². The molecule has 0 spiro atoms. The highest BCUT2D eigenvalue weighted by molar-refractivity contribution is 7.98. The van der Waals surface area contributed by atoms with Crippen molar-refractivity contribution < 1.29 is 4.79 Å². The van der Waals surface area contributed by atoms with E-state index in [9.17, 15) is 4.79 Å². The molecule has 7 heteroatoms. The molecule has 1 aromatic carbocycles. The van der Waals surface area contributed by atoms with Gasteiger partial charge >= 0.3 is 0 Å². The largest absolute Gasteiger partial charge is 0.349 e. The number of hydrogen-bond donors (Lipinski definition) is 2. The van der Waals surface area contributed by atoms with E-state index in [2.05, 4.69) is 15.6 Å². The van der Waals surface area contributed by atoms with Crippen LogP contribution in [0.1, 0.15) is 5.69 Å². The van der Waals surface area contributed by atoms with E-state index in [1.54, 1.807) is 22.6 Å². The number of carbonyl (C=O) groups is 1. The molecule has 2 rings (SSSR count). The van der Waals surface area contributed by atoms with Crippen molar-refractivity contribution in [2.45, 2.75) is 11.4 Å². The Morgan fingerprint density at radius 3 is 2.79 bits per heavy atom.